The molecule has 166 valence electrons. The van der Waals surface area contributed by atoms with E-state index in [9.17, 15) is 0 Å². The molecule has 0 saturated heterocycles. The quantitative estimate of drug-likeness (QED) is 0.258. The van der Waals surface area contributed by atoms with Gasteiger partial charge in [0.2, 0.25) is 0 Å². The Morgan fingerprint density at radius 3 is 2.80 bits per heavy atom. The van der Waals surface area contributed by atoms with Crippen molar-refractivity contribution in [1.29, 1.82) is 0 Å². The van der Waals surface area contributed by atoms with E-state index >= 15 is 0 Å². The van der Waals surface area contributed by atoms with Crippen LogP contribution in [0, 0.1) is 6.92 Å². The van der Waals surface area contributed by atoms with E-state index in [4.69, 9.17) is 9.73 Å². The summed E-state index contributed by atoms with van der Waals surface area (Å²) >= 11 is 0. The van der Waals surface area contributed by atoms with Gasteiger partial charge in [-0.2, -0.15) is 5.10 Å². The van der Waals surface area contributed by atoms with E-state index < -0.39 is 0 Å². The number of nitrogens with zero attached hydrogens (tertiary/aromatic N) is 4. The highest BCUT2D eigenvalue weighted by molar-refractivity contribution is 14.0. The maximum Gasteiger partial charge on any atom is 0.191 e. The van der Waals surface area contributed by atoms with Gasteiger partial charge in [-0.25, -0.2) is 14.7 Å². The van der Waals surface area contributed by atoms with Crippen LogP contribution in [-0.2, 0) is 12.0 Å². The molecule has 1 aromatic carbocycles. The summed E-state index contributed by atoms with van der Waals surface area (Å²) in [5.41, 5.74) is 1.26. The molecule has 0 amide bonds. The lowest BCUT2D eigenvalue weighted by Crippen LogP contribution is -2.41. The molecule has 1 unspecified atom stereocenters. The Morgan fingerprint density at radius 1 is 1.30 bits per heavy atom. The Kier molecular flexibility index (Phi) is 8.93. The molecule has 0 radical (unpaired) electrons. The lowest BCUT2D eigenvalue weighted by Gasteiger charge is -2.25. The van der Waals surface area contributed by atoms with E-state index in [1.807, 2.05) is 23.7 Å². The first-order chi connectivity index (χ1) is 13.9. The molecule has 1 aliphatic rings. The van der Waals surface area contributed by atoms with E-state index in [1.54, 1.807) is 0 Å². The molecule has 0 fully saturated rings. The summed E-state index contributed by atoms with van der Waals surface area (Å²) in [5.74, 6) is 3.54. The highest BCUT2D eigenvalue weighted by Crippen LogP contribution is 2.30. The fraction of sp³-hybridized carbons (Fsp3) is 0.591. The Morgan fingerprint density at radius 2 is 2.07 bits per heavy atom. The predicted octanol–water partition coefficient (Wildman–Crippen LogP) is 3.97. The second-order valence-corrected chi connectivity index (χ2v) is 8.43. The maximum absolute atomic E-state index is 6.05. The molecule has 0 bridgehead atoms. The molecule has 1 aliphatic heterocycles. The Labute approximate surface area is 197 Å². The van der Waals surface area contributed by atoms with Crippen LogP contribution in [0.3, 0.4) is 0 Å². The van der Waals surface area contributed by atoms with Crippen LogP contribution in [0.15, 0.2) is 29.3 Å². The number of ether oxygens (including phenoxy) is 1. The summed E-state index contributed by atoms with van der Waals surface area (Å²) in [6.45, 7) is 13.5. The second-order valence-electron chi connectivity index (χ2n) is 8.43. The van der Waals surface area contributed by atoms with Gasteiger partial charge in [0.1, 0.15) is 24.0 Å². The third kappa shape index (κ3) is 6.33. The van der Waals surface area contributed by atoms with Crippen LogP contribution in [0.2, 0.25) is 0 Å². The molecule has 0 spiro atoms. The average Bonchev–Trinajstić information content (AvgIpc) is 3.06. The summed E-state index contributed by atoms with van der Waals surface area (Å²) in [4.78, 5) is 9.30. The molecule has 2 aromatic rings. The minimum Gasteiger partial charge on any atom is -0.491 e. The van der Waals surface area contributed by atoms with Gasteiger partial charge in [0.25, 0.3) is 0 Å². The number of aromatic nitrogens is 3. The van der Waals surface area contributed by atoms with Gasteiger partial charge in [-0.3, -0.25) is 0 Å². The highest BCUT2D eigenvalue weighted by Gasteiger charge is 2.24. The van der Waals surface area contributed by atoms with Crippen LogP contribution in [0.1, 0.15) is 63.8 Å². The number of halogens is 1. The van der Waals surface area contributed by atoms with Crippen LogP contribution in [0.25, 0.3) is 0 Å². The molecule has 8 heteroatoms. The van der Waals surface area contributed by atoms with E-state index in [2.05, 4.69) is 60.5 Å². The van der Waals surface area contributed by atoms with Gasteiger partial charge in [0.05, 0.1) is 12.6 Å². The van der Waals surface area contributed by atoms with Crippen LogP contribution in [-0.4, -0.2) is 40.4 Å². The molecule has 0 aliphatic carbocycles. The van der Waals surface area contributed by atoms with E-state index in [1.165, 1.54) is 5.56 Å². The minimum atomic E-state index is 0. The molecule has 7 nitrogen and oxygen atoms in total. The molecule has 30 heavy (non-hydrogen) atoms. The molecular weight excluding hydrogens is 491 g/mol. The van der Waals surface area contributed by atoms with Gasteiger partial charge in [-0.15, -0.1) is 24.0 Å². The normalized spacial score (nSPS) is 16.4. The van der Waals surface area contributed by atoms with Gasteiger partial charge in [-0.1, -0.05) is 39.0 Å². The fourth-order valence-electron chi connectivity index (χ4n) is 3.62. The van der Waals surface area contributed by atoms with Crippen molar-refractivity contribution in [3.8, 4) is 5.75 Å². The van der Waals surface area contributed by atoms with Crippen molar-refractivity contribution >= 4 is 29.9 Å². The van der Waals surface area contributed by atoms with Crippen LogP contribution >= 0.6 is 24.0 Å². The number of para-hydroxylation sites is 1. The molecule has 2 heterocycles. The monoisotopic (exact) mass is 526 g/mol. The van der Waals surface area contributed by atoms with Crippen molar-refractivity contribution < 1.29 is 4.74 Å². The number of rotatable bonds is 6. The number of nitrogens with one attached hydrogen (secondary N) is 2. The summed E-state index contributed by atoms with van der Waals surface area (Å²) in [6, 6.07) is 8.37. The molecule has 1 aromatic heterocycles. The van der Waals surface area contributed by atoms with Crippen molar-refractivity contribution in [2.75, 3.05) is 19.7 Å². The lowest BCUT2D eigenvalue weighted by molar-refractivity contribution is 0.318. The third-order valence-corrected chi connectivity index (χ3v) is 4.95. The Balaban J connectivity index is 0.00000320. The van der Waals surface area contributed by atoms with E-state index in [0.717, 1.165) is 49.3 Å². The second kappa shape index (κ2) is 11.0. The number of hydrogen-bond acceptors (Lipinski definition) is 4. The number of benzene rings is 1. The van der Waals surface area contributed by atoms with Gasteiger partial charge in [0, 0.05) is 13.1 Å². The van der Waals surface area contributed by atoms with Crippen molar-refractivity contribution in [1.82, 2.24) is 25.4 Å². The van der Waals surface area contributed by atoms with Crippen molar-refractivity contribution in [2.45, 2.75) is 65.5 Å². The average molecular weight is 526 g/mol. The van der Waals surface area contributed by atoms with Gasteiger partial charge in [0.15, 0.2) is 5.96 Å². The first kappa shape index (κ1) is 24.4. The molecule has 3 rings (SSSR count). The standard InChI is InChI=1S/C22H34N6O.HI/c1-6-23-21(26-18-11-9-14-28-20(18)25-16(2)27-28)24-13-15-29-19-12-8-7-10-17(19)22(3,4)5;/h7-8,10,12,18H,6,9,11,13-15H2,1-5H3,(H2,23,24,26);1H. The maximum atomic E-state index is 6.05. The van der Waals surface area contributed by atoms with Gasteiger partial charge < -0.3 is 15.4 Å². The number of guanidine groups is 1. The first-order valence-corrected chi connectivity index (χ1v) is 10.6. The zero-order valence-corrected chi connectivity index (χ0v) is 21.1. The topological polar surface area (TPSA) is 76.4 Å². The summed E-state index contributed by atoms with van der Waals surface area (Å²) in [7, 11) is 0. The smallest absolute Gasteiger partial charge is 0.191 e. The van der Waals surface area contributed by atoms with Gasteiger partial charge >= 0.3 is 0 Å². The number of fused-ring (bicyclic) bond motifs is 1. The largest absolute Gasteiger partial charge is 0.491 e. The van der Waals surface area contributed by atoms with Crippen LogP contribution in [0.5, 0.6) is 5.75 Å². The van der Waals surface area contributed by atoms with Crippen molar-refractivity contribution in [3.63, 3.8) is 0 Å². The number of aryl methyl sites for hydroxylation is 2. The molecule has 1 atom stereocenters. The first-order valence-electron chi connectivity index (χ1n) is 10.6. The van der Waals surface area contributed by atoms with Gasteiger partial charge in [-0.05, 0) is 43.7 Å². The summed E-state index contributed by atoms with van der Waals surface area (Å²) in [5, 5.41) is 11.3. The molecule has 2 N–H and O–H groups in total. The highest BCUT2D eigenvalue weighted by atomic mass is 127. The SMILES string of the molecule is CCNC(=NCCOc1ccccc1C(C)(C)C)NC1CCCn2nc(C)nc21.I. The zero-order valence-electron chi connectivity index (χ0n) is 18.7. The predicted molar refractivity (Wildman–Crippen MR) is 132 cm³/mol. The fourth-order valence-corrected chi connectivity index (χ4v) is 3.62. The molecular formula is C22H35IN6O. The summed E-state index contributed by atoms with van der Waals surface area (Å²) < 4.78 is 8.06. The zero-order chi connectivity index (χ0) is 20.9. The number of aliphatic imine (C=N–C) groups is 1. The van der Waals surface area contributed by atoms with Crippen molar-refractivity contribution in [2.24, 2.45) is 4.99 Å². The van der Waals surface area contributed by atoms with E-state index in [0.29, 0.717) is 13.2 Å². The molecule has 0 saturated carbocycles. The number of hydrogen-bond donors (Lipinski definition) is 2. The van der Waals surface area contributed by atoms with Crippen LogP contribution in [0.4, 0.5) is 0 Å². The van der Waals surface area contributed by atoms with E-state index in [-0.39, 0.29) is 35.4 Å². The summed E-state index contributed by atoms with van der Waals surface area (Å²) in [6.07, 6.45) is 2.11. The Hall–Kier alpha value is -1.84. The van der Waals surface area contributed by atoms with Crippen molar-refractivity contribution in [3.05, 3.63) is 41.5 Å². The van der Waals surface area contributed by atoms with Crippen LogP contribution < -0.4 is 15.4 Å². The lowest BCUT2D eigenvalue weighted by atomic mass is 9.86. The Bertz CT molecular complexity index is 842. The minimum absolute atomic E-state index is 0. The third-order valence-electron chi connectivity index (χ3n) is 4.95.